The van der Waals surface area contributed by atoms with E-state index in [9.17, 15) is 0 Å². The molecule has 1 aliphatic heterocycles. The molecule has 1 aliphatic rings. The first-order valence-corrected chi connectivity index (χ1v) is 7.58. The van der Waals surface area contributed by atoms with Gasteiger partial charge < -0.3 is 19.2 Å². The lowest BCUT2D eigenvalue weighted by molar-refractivity contribution is 0.0416. The van der Waals surface area contributed by atoms with Gasteiger partial charge in [-0.2, -0.15) is 0 Å². The molecule has 0 aliphatic carbocycles. The summed E-state index contributed by atoms with van der Waals surface area (Å²) in [5.41, 5.74) is 1.27. The maximum absolute atomic E-state index is 5.69. The zero-order valence-corrected chi connectivity index (χ0v) is 12.7. The minimum atomic E-state index is -0.155. The molecule has 3 rings (SSSR count). The molecule has 1 aromatic heterocycles. The molecule has 2 aromatic rings. The van der Waals surface area contributed by atoms with Crippen LogP contribution < -0.4 is 5.32 Å². The van der Waals surface area contributed by atoms with Crippen molar-refractivity contribution in [2.24, 2.45) is 5.92 Å². The molecule has 0 radical (unpaired) electrons. The van der Waals surface area contributed by atoms with Crippen molar-refractivity contribution < 1.29 is 13.9 Å². The second-order valence-corrected chi connectivity index (χ2v) is 5.40. The fourth-order valence-corrected chi connectivity index (χ4v) is 2.67. The highest BCUT2D eigenvalue weighted by Gasteiger charge is 2.33. The van der Waals surface area contributed by atoms with Crippen LogP contribution in [0.1, 0.15) is 24.0 Å². The standard InChI is InChI=1S/C16H21N3O3/c1-20-11-13-8-10-21-14(13)15-18-19-16(22-15)17-9-7-12-5-3-2-4-6-12/h2-6,13-14H,7-11H2,1H3,(H,17,19)/t13-,14-/m0/s1. The molecule has 22 heavy (non-hydrogen) atoms. The monoisotopic (exact) mass is 303 g/mol. The van der Waals surface area contributed by atoms with Gasteiger partial charge in [0.2, 0.25) is 5.89 Å². The Balaban J connectivity index is 1.53. The molecular formula is C16H21N3O3. The number of nitrogens with one attached hydrogen (secondary N) is 1. The second-order valence-electron chi connectivity index (χ2n) is 5.40. The topological polar surface area (TPSA) is 69.4 Å². The minimum Gasteiger partial charge on any atom is -0.405 e. The maximum atomic E-state index is 5.69. The third kappa shape index (κ3) is 3.64. The molecule has 1 saturated heterocycles. The zero-order chi connectivity index (χ0) is 15.2. The molecule has 0 amide bonds. The summed E-state index contributed by atoms with van der Waals surface area (Å²) in [5, 5.41) is 11.3. The van der Waals surface area contributed by atoms with E-state index in [0.717, 1.165) is 19.4 Å². The van der Waals surface area contributed by atoms with E-state index in [1.54, 1.807) is 7.11 Å². The normalized spacial score (nSPS) is 21.1. The molecule has 1 aromatic carbocycles. The summed E-state index contributed by atoms with van der Waals surface area (Å²) in [6.07, 6.45) is 1.71. The summed E-state index contributed by atoms with van der Waals surface area (Å²) >= 11 is 0. The molecule has 1 fully saturated rings. The number of hydrogen-bond donors (Lipinski definition) is 1. The predicted molar refractivity (Wildman–Crippen MR) is 81.6 cm³/mol. The van der Waals surface area contributed by atoms with Gasteiger partial charge in [0, 0.05) is 26.2 Å². The first kappa shape index (κ1) is 15.0. The molecule has 2 atom stereocenters. The second kappa shape index (κ2) is 7.38. The van der Waals surface area contributed by atoms with Crippen LogP contribution in [0.4, 0.5) is 6.01 Å². The fraction of sp³-hybridized carbons (Fsp3) is 0.500. The highest BCUT2D eigenvalue weighted by atomic mass is 16.5. The van der Waals surface area contributed by atoms with E-state index in [2.05, 4.69) is 27.6 Å². The summed E-state index contributed by atoms with van der Waals surface area (Å²) in [4.78, 5) is 0. The highest BCUT2D eigenvalue weighted by molar-refractivity contribution is 5.20. The maximum Gasteiger partial charge on any atom is 0.315 e. The third-order valence-electron chi connectivity index (χ3n) is 3.81. The molecule has 2 heterocycles. The predicted octanol–water partition coefficient (Wildman–Crippen LogP) is 2.45. The quantitative estimate of drug-likeness (QED) is 0.847. The summed E-state index contributed by atoms with van der Waals surface area (Å²) in [6, 6.07) is 10.7. The largest absolute Gasteiger partial charge is 0.405 e. The smallest absolute Gasteiger partial charge is 0.315 e. The van der Waals surface area contributed by atoms with Crippen molar-refractivity contribution in [2.45, 2.75) is 18.9 Å². The molecule has 0 spiro atoms. The number of ether oxygens (including phenoxy) is 2. The van der Waals surface area contributed by atoms with Crippen LogP contribution in [0.5, 0.6) is 0 Å². The third-order valence-corrected chi connectivity index (χ3v) is 3.81. The van der Waals surface area contributed by atoms with Crippen molar-refractivity contribution in [3.05, 3.63) is 41.8 Å². The molecular weight excluding hydrogens is 282 g/mol. The van der Waals surface area contributed by atoms with Crippen LogP contribution in [0.2, 0.25) is 0 Å². The van der Waals surface area contributed by atoms with Crippen LogP contribution in [0, 0.1) is 5.92 Å². The van der Waals surface area contributed by atoms with Crippen molar-refractivity contribution in [2.75, 3.05) is 32.2 Å². The first-order valence-electron chi connectivity index (χ1n) is 7.58. The first-order chi connectivity index (χ1) is 10.9. The number of methoxy groups -OCH3 is 1. The molecule has 118 valence electrons. The average molecular weight is 303 g/mol. The molecule has 0 unspecified atom stereocenters. The van der Waals surface area contributed by atoms with Gasteiger partial charge in [-0.1, -0.05) is 35.4 Å². The number of nitrogens with zero attached hydrogens (tertiary/aromatic N) is 2. The fourth-order valence-electron chi connectivity index (χ4n) is 2.67. The van der Waals surface area contributed by atoms with E-state index in [-0.39, 0.29) is 12.0 Å². The summed E-state index contributed by atoms with van der Waals surface area (Å²) in [6.45, 7) is 2.10. The van der Waals surface area contributed by atoms with E-state index in [4.69, 9.17) is 13.9 Å². The van der Waals surface area contributed by atoms with Gasteiger partial charge in [0.1, 0.15) is 6.10 Å². The van der Waals surface area contributed by atoms with Crippen molar-refractivity contribution in [3.8, 4) is 0 Å². The van der Waals surface area contributed by atoms with Gasteiger partial charge in [-0.25, -0.2) is 0 Å². The van der Waals surface area contributed by atoms with E-state index in [1.165, 1.54) is 5.56 Å². The number of aromatic nitrogens is 2. The van der Waals surface area contributed by atoms with Crippen LogP contribution in [-0.4, -0.2) is 37.1 Å². The van der Waals surface area contributed by atoms with Crippen LogP contribution in [0.25, 0.3) is 0 Å². The van der Waals surface area contributed by atoms with Gasteiger partial charge in [-0.05, 0) is 18.4 Å². The minimum absolute atomic E-state index is 0.155. The summed E-state index contributed by atoms with van der Waals surface area (Å²) in [5.74, 6) is 0.810. The number of rotatable bonds is 7. The lowest BCUT2D eigenvalue weighted by atomic mass is 10.0. The van der Waals surface area contributed by atoms with E-state index >= 15 is 0 Å². The Morgan fingerprint density at radius 3 is 2.95 bits per heavy atom. The Morgan fingerprint density at radius 1 is 1.27 bits per heavy atom. The average Bonchev–Trinajstić information content (AvgIpc) is 3.18. The molecule has 0 bridgehead atoms. The SMILES string of the molecule is COC[C@@H]1CCO[C@@H]1c1nnc(NCCc2ccccc2)o1. The van der Waals surface area contributed by atoms with Crippen molar-refractivity contribution in [3.63, 3.8) is 0 Å². The van der Waals surface area contributed by atoms with Gasteiger partial charge in [-0.15, -0.1) is 5.10 Å². The van der Waals surface area contributed by atoms with Gasteiger partial charge in [-0.3, -0.25) is 0 Å². The van der Waals surface area contributed by atoms with Crippen molar-refractivity contribution in [1.82, 2.24) is 10.2 Å². The summed E-state index contributed by atoms with van der Waals surface area (Å²) in [7, 11) is 1.69. The molecule has 6 heteroatoms. The Morgan fingerprint density at radius 2 is 2.14 bits per heavy atom. The van der Waals surface area contributed by atoms with Gasteiger partial charge in [0.05, 0.1) is 6.61 Å². The van der Waals surface area contributed by atoms with E-state index in [0.29, 0.717) is 25.1 Å². The Kier molecular flexibility index (Phi) is 5.03. The Bertz CT molecular complexity index is 573. The molecule has 0 saturated carbocycles. The lowest BCUT2D eigenvalue weighted by Crippen LogP contribution is -2.13. The van der Waals surface area contributed by atoms with Crippen LogP contribution in [0.3, 0.4) is 0 Å². The van der Waals surface area contributed by atoms with E-state index < -0.39 is 0 Å². The lowest BCUT2D eigenvalue weighted by Gasteiger charge is -2.13. The van der Waals surface area contributed by atoms with Gasteiger partial charge in [0.15, 0.2) is 0 Å². The van der Waals surface area contributed by atoms with Gasteiger partial charge >= 0.3 is 6.01 Å². The molecule has 6 nitrogen and oxygen atoms in total. The van der Waals surface area contributed by atoms with Crippen LogP contribution >= 0.6 is 0 Å². The van der Waals surface area contributed by atoms with Crippen LogP contribution in [-0.2, 0) is 15.9 Å². The van der Waals surface area contributed by atoms with Gasteiger partial charge in [0.25, 0.3) is 0 Å². The number of hydrogen-bond acceptors (Lipinski definition) is 6. The Hall–Kier alpha value is -1.92. The van der Waals surface area contributed by atoms with Crippen molar-refractivity contribution in [1.29, 1.82) is 0 Å². The van der Waals surface area contributed by atoms with Crippen LogP contribution in [0.15, 0.2) is 34.7 Å². The Labute approximate surface area is 129 Å². The summed E-state index contributed by atoms with van der Waals surface area (Å²) < 4.78 is 16.6. The van der Waals surface area contributed by atoms with E-state index in [1.807, 2.05) is 18.2 Å². The number of anilines is 1. The zero-order valence-electron chi connectivity index (χ0n) is 12.7. The highest BCUT2D eigenvalue weighted by Crippen LogP contribution is 2.34. The number of benzene rings is 1. The van der Waals surface area contributed by atoms with Crippen molar-refractivity contribution >= 4 is 6.01 Å². The molecule has 1 N–H and O–H groups in total.